The highest BCUT2D eigenvalue weighted by atomic mass is 19.1. The Bertz CT molecular complexity index is 1050. The molecule has 0 saturated carbocycles. The molecule has 7 nitrogen and oxygen atoms in total. The monoisotopic (exact) mass is 381 g/mol. The number of halogens is 1. The van der Waals surface area contributed by atoms with Gasteiger partial charge in [-0.05, 0) is 29.8 Å². The summed E-state index contributed by atoms with van der Waals surface area (Å²) in [7, 11) is 0. The van der Waals surface area contributed by atoms with Gasteiger partial charge in [-0.15, -0.1) is 0 Å². The van der Waals surface area contributed by atoms with E-state index in [2.05, 4.69) is 5.32 Å². The zero-order valence-corrected chi connectivity index (χ0v) is 14.6. The number of para-hydroxylation sites is 1. The average Bonchev–Trinajstić information content (AvgIpc) is 3.23. The van der Waals surface area contributed by atoms with Gasteiger partial charge in [0, 0.05) is 24.0 Å². The summed E-state index contributed by atoms with van der Waals surface area (Å²) in [5.41, 5.74) is 1.66. The van der Waals surface area contributed by atoms with E-state index < -0.39 is 17.9 Å². The SMILES string of the molecule is O=CNC(=O)N[C@@H](CN1Cc2ccc(F)cc2C1=O)c1cc2ccccc2o1. The number of nitrogens with one attached hydrogen (secondary N) is 2. The molecule has 0 radical (unpaired) electrons. The molecule has 0 fully saturated rings. The predicted molar refractivity (Wildman–Crippen MR) is 97.8 cm³/mol. The van der Waals surface area contributed by atoms with Crippen molar-refractivity contribution in [2.24, 2.45) is 0 Å². The molecule has 2 N–H and O–H groups in total. The van der Waals surface area contributed by atoms with Crippen molar-refractivity contribution in [1.29, 1.82) is 0 Å². The van der Waals surface area contributed by atoms with E-state index in [4.69, 9.17) is 4.42 Å². The van der Waals surface area contributed by atoms with Crippen LogP contribution in [0.3, 0.4) is 0 Å². The van der Waals surface area contributed by atoms with Gasteiger partial charge in [0.25, 0.3) is 5.91 Å². The zero-order chi connectivity index (χ0) is 19.7. The van der Waals surface area contributed by atoms with E-state index in [-0.39, 0.29) is 18.9 Å². The number of nitrogens with zero attached hydrogens (tertiary/aromatic N) is 1. The normalized spacial score (nSPS) is 14.0. The van der Waals surface area contributed by atoms with E-state index in [1.807, 2.05) is 23.5 Å². The first-order chi connectivity index (χ1) is 13.5. The summed E-state index contributed by atoms with van der Waals surface area (Å²) >= 11 is 0. The summed E-state index contributed by atoms with van der Waals surface area (Å²) in [5.74, 6) is -0.364. The molecule has 0 saturated heterocycles. The maximum Gasteiger partial charge on any atom is 0.321 e. The van der Waals surface area contributed by atoms with Crippen LogP contribution >= 0.6 is 0 Å². The van der Waals surface area contributed by atoms with Crippen molar-refractivity contribution in [3.8, 4) is 0 Å². The molecule has 28 heavy (non-hydrogen) atoms. The highest BCUT2D eigenvalue weighted by Gasteiger charge is 2.31. The molecule has 4 amide bonds. The zero-order valence-electron chi connectivity index (χ0n) is 14.6. The Kier molecular flexibility index (Phi) is 4.52. The molecule has 3 aromatic rings. The van der Waals surface area contributed by atoms with Crippen LogP contribution in [-0.2, 0) is 11.3 Å². The molecule has 2 heterocycles. The summed E-state index contributed by atoms with van der Waals surface area (Å²) in [5, 5.41) is 5.50. The molecule has 8 heteroatoms. The van der Waals surface area contributed by atoms with E-state index in [0.29, 0.717) is 29.0 Å². The molecule has 2 aromatic carbocycles. The Balaban J connectivity index is 1.61. The van der Waals surface area contributed by atoms with E-state index >= 15 is 0 Å². The van der Waals surface area contributed by atoms with Crippen LogP contribution in [-0.4, -0.2) is 29.8 Å². The van der Waals surface area contributed by atoms with Crippen LogP contribution in [0.1, 0.15) is 27.7 Å². The Morgan fingerprint density at radius 1 is 1.25 bits per heavy atom. The van der Waals surface area contributed by atoms with E-state index in [0.717, 1.165) is 5.39 Å². The maximum absolute atomic E-state index is 13.5. The van der Waals surface area contributed by atoms with Crippen LogP contribution in [0.15, 0.2) is 52.9 Å². The molecular formula is C20H16FN3O4. The van der Waals surface area contributed by atoms with Crippen molar-refractivity contribution < 1.29 is 23.2 Å². The summed E-state index contributed by atoms with van der Waals surface area (Å²) in [6.45, 7) is 0.392. The summed E-state index contributed by atoms with van der Waals surface area (Å²) in [4.78, 5) is 36.6. The van der Waals surface area contributed by atoms with Crippen molar-refractivity contribution in [3.63, 3.8) is 0 Å². The number of fused-ring (bicyclic) bond motifs is 2. The first kappa shape index (κ1) is 17.7. The second-order valence-corrected chi connectivity index (χ2v) is 6.46. The molecular weight excluding hydrogens is 365 g/mol. The Labute approximate surface area is 159 Å². The van der Waals surface area contributed by atoms with Crippen LogP contribution < -0.4 is 10.6 Å². The van der Waals surface area contributed by atoms with Crippen molar-refractivity contribution in [3.05, 3.63) is 71.2 Å². The van der Waals surface area contributed by atoms with Crippen LogP contribution in [0.5, 0.6) is 0 Å². The van der Waals surface area contributed by atoms with E-state index in [1.165, 1.54) is 17.0 Å². The Morgan fingerprint density at radius 3 is 2.86 bits per heavy atom. The minimum atomic E-state index is -0.712. The minimum Gasteiger partial charge on any atom is -0.459 e. The lowest BCUT2D eigenvalue weighted by atomic mass is 10.1. The Hall–Kier alpha value is -3.68. The quantitative estimate of drug-likeness (QED) is 0.665. The standard InChI is InChI=1S/C20H16FN3O4/c21-14-6-5-13-9-24(19(26)15(13)8-14)10-16(23-20(27)22-11-25)18-7-12-3-1-2-4-17(12)28-18/h1-8,11,16H,9-10H2,(H2,22,23,25,27)/t16-/m0/s1. The number of amides is 4. The fourth-order valence-corrected chi connectivity index (χ4v) is 3.34. The minimum absolute atomic E-state index is 0.0984. The third kappa shape index (κ3) is 3.32. The fraction of sp³-hybridized carbons (Fsp3) is 0.150. The topological polar surface area (TPSA) is 91.7 Å². The summed E-state index contributed by atoms with van der Waals surface area (Å²) in [6, 6.07) is 11.8. The summed E-state index contributed by atoms with van der Waals surface area (Å²) in [6.07, 6.45) is 0.269. The molecule has 0 aliphatic carbocycles. The number of urea groups is 1. The average molecular weight is 381 g/mol. The van der Waals surface area contributed by atoms with Crippen LogP contribution in [0.4, 0.5) is 9.18 Å². The van der Waals surface area contributed by atoms with Crippen molar-refractivity contribution in [2.75, 3.05) is 6.54 Å². The van der Waals surface area contributed by atoms with Gasteiger partial charge in [-0.2, -0.15) is 0 Å². The van der Waals surface area contributed by atoms with Crippen LogP contribution in [0, 0.1) is 5.82 Å². The van der Waals surface area contributed by atoms with Crippen molar-refractivity contribution in [1.82, 2.24) is 15.5 Å². The van der Waals surface area contributed by atoms with Gasteiger partial charge in [-0.1, -0.05) is 24.3 Å². The molecule has 1 aliphatic heterocycles. The van der Waals surface area contributed by atoms with Gasteiger partial charge in [-0.25, -0.2) is 9.18 Å². The fourth-order valence-electron chi connectivity index (χ4n) is 3.34. The van der Waals surface area contributed by atoms with Gasteiger partial charge < -0.3 is 14.6 Å². The van der Waals surface area contributed by atoms with E-state index in [9.17, 15) is 18.8 Å². The first-order valence-electron chi connectivity index (χ1n) is 8.62. The largest absolute Gasteiger partial charge is 0.459 e. The maximum atomic E-state index is 13.5. The molecule has 142 valence electrons. The molecule has 0 unspecified atom stereocenters. The second-order valence-electron chi connectivity index (χ2n) is 6.46. The summed E-state index contributed by atoms with van der Waals surface area (Å²) < 4.78 is 19.3. The Morgan fingerprint density at radius 2 is 2.07 bits per heavy atom. The number of carbonyl (C=O) groups is 3. The number of benzene rings is 2. The van der Waals surface area contributed by atoms with Gasteiger partial charge in [-0.3, -0.25) is 14.9 Å². The van der Waals surface area contributed by atoms with Crippen LogP contribution in [0.2, 0.25) is 0 Å². The highest BCUT2D eigenvalue weighted by Crippen LogP contribution is 2.28. The number of hydrogen-bond donors (Lipinski definition) is 2. The van der Waals surface area contributed by atoms with Gasteiger partial charge in [0.2, 0.25) is 6.41 Å². The van der Waals surface area contributed by atoms with Gasteiger partial charge in [0.05, 0.1) is 0 Å². The number of carbonyl (C=O) groups excluding carboxylic acids is 3. The predicted octanol–water partition coefficient (Wildman–Crippen LogP) is 2.72. The molecule has 1 aromatic heterocycles. The van der Waals surface area contributed by atoms with E-state index in [1.54, 1.807) is 18.2 Å². The molecule has 0 bridgehead atoms. The number of furan rings is 1. The van der Waals surface area contributed by atoms with Crippen molar-refractivity contribution in [2.45, 2.75) is 12.6 Å². The highest BCUT2D eigenvalue weighted by molar-refractivity contribution is 5.98. The van der Waals surface area contributed by atoms with Crippen molar-refractivity contribution >= 4 is 29.3 Å². The third-order valence-electron chi connectivity index (χ3n) is 4.64. The second kappa shape index (κ2) is 7.15. The number of imide groups is 1. The molecule has 0 spiro atoms. The first-order valence-corrected chi connectivity index (χ1v) is 8.62. The number of rotatable bonds is 5. The van der Waals surface area contributed by atoms with Crippen LogP contribution in [0.25, 0.3) is 11.0 Å². The smallest absolute Gasteiger partial charge is 0.321 e. The molecule has 4 rings (SSSR count). The number of hydrogen-bond acceptors (Lipinski definition) is 4. The lowest BCUT2D eigenvalue weighted by Gasteiger charge is -2.23. The lowest BCUT2D eigenvalue weighted by Crippen LogP contribution is -2.42. The molecule has 1 aliphatic rings. The lowest BCUT2D eigenvalue weighted by molar-refractivity contribution is -0.108. The van der Waals surface area contributed by atoms with Gasteiger partial charge in [0.1, 0.15) is 23.2 Å². The van der Waals surface area contributed by atoms with Gasteiger partial charge in [0.15, 0.2) is 0 Å². The third-order valence-corrected chi connectivity index (χ3v) is 4.64. The van der Waals surface area contributed by atoms with Gasteiger partial charge >= 0.3 is 6.03 Å². The molecule has 1 atom stereocenters.